The monoisotopic (exact) mass is 747 g/mol. The number of ether oxygens (including phenoxy) is 3. The number of sulfonamides is 1. The topological polar surface area (TPSA) is 114 Å². The summed E-state index contributed by atoms with van der Waals surface area (Å²) in [7, 11) is -0.220. The average Bonchev–Trinajstić information content (AvgIpc) is 3.16. The smallest absolute Gasteiger partial charge is 0.265 e. The molecular weight excluding hydrogens is 702 g/mol. The van der Waals surface area contributed by atoms with Gasteiger partial charge in [-0.05, 0) is 66.8 Å². The van der Waals surface area contributed by atoms with Gasteiger partial charge in [-0.2, -0.15) is 0 Å². The van der Waals surface area contributed by atoms with Crippen LogP contribution in [0.1, 0.15) is 48.8 Å². The Kier molecular flexibility index (Phi) is 13.1. The first-order valence-corrected chi connectivity index (χ1v) is 19.1. The molecule has 2 amide bonds. The number of methoxy groups -OCH3 is 3. The molecule has 0 aliphatic heterocycles. The lowest BCUT2D eigenvalue weighted by Gasteiger charge is -2.35. The Hall–Kier alpha value is -4.74. The van der Waals surface area contributed by atoms with Crippen LogP contribution < -0.4 is 23.8 Å². The largest absolute Gasteiger partial charge is 0.495 e. The fourth-order valence-electron chi connectivity index (χ4n) is 6.54. The number of aryl methyl sites for hydroxylation is 1. The van der Waals surface area contributed by atoms with Crippen LogP contribution in [0.15, 0.2) is 95.9 Å². The van der Waals surface area contributed by atoms with Crippen molar-refractivity contribution in [1.82, 2.24) is 10.2 Å². The number of anilines is 1. The lowest BCUT2D eigenvalue weighted by Crippen LogP contribution is -2.55. The number of carbonyl (C=O) groups excluding carboxylic acids is 2. The maximum absolute atomic E-state index is 15.0. The molecule has 1 atom stereocenters. The van der Waals surface area contributed by atoms with E-state index in [9.17, 15) is 18.0 Å². The van der Waals surface area contributed by atoms with Crippen molar-refractivity contribution in [3.05, 3.63) is 113 Å². The number of amides is 2. The van der Waals surface area contributed by atoms with E-state index in [2.05, 4.69) is 5.32 Å². The highest BCUT2D eigenvalue weighted by Gasteiger charge is 2.37. The molecule has 1 saturated carbocycles. The second-order valence-corrected chi connectivity index (χ2v) is 15.1. The van der Waals surface area contributed by atoms with E-state index in [1.165, 1.54) is 50.5 Å². The van der Waals surface area contributed by atoms with Crippen LogP contribution >= 0.6 is 11.6 Å². The number of halogens is 1. The van der Waals surface area contributed by atoms with E-state index in [1.807, 2.05) is 61.5 Å². The number of benzene rings is 4. The molecule has 1 aliphatic carbocycles. The molecule has 0 radical (unpaired) electrons. The number of hydrogen-bond donors (Lipinski definition) is 1. The highest BCUT2D eigenvalue weighted by atomic mass is 35.5. The predicted molar refractivity (Wildman–Crippen MR) is 203 cm³/mol. The van der Waals surface area contributed by atoms with Gasteiger partial charge in [0.25, 0.3) is 10.0 Å². The van der Waals surface area contributed by atoms with Gasteiger partial charge in [-0.3, -0.25) is 13.9 Å². The van der Waals surface area contributed by atoms with E-state index < -0.39 is 28.5 Å². The first-order chi connectivity index (χ1) is 25.0. The molecule has 0 unspecified atom stereocenters. The average molecular weight is 748 g/mol. The van der Waals surface area contributed by atoms with Crippen LogP contribution in [0.4, 0.5) is 5.69 Å². The van der Waals surface area contributed by atoms with Crippen LogP contribution in [0.25, 0.3) is 0 Å². The number of carbonyl (C=O) groups is 2. The first-order valence-electron chi connectivity index (χ1n) is 17.3. The van der Waals surface area contributed by atoms with Crippen molar-refractivity contribution in [2.75, 3.05) is 32.2 Å². The lowest BCUT2D eigenvalue weighted by molar-refractivity contribution is -0.140. The summed E-state index contributed by atoms with van der Waals surface area (Å²) in [6, 6.07) is 24.9. The van der Waals surface area contributed by atoms with Gasteiger partial charge in [-0.25, -0.2) is 8.42 Å². The zero-order valence-electron chi connectivity index (χ0n) is 30.0. The molecule has 4 aromatic rings. The van der Waals surface area contributed by atoms with Crippen LogP contribution in [-0.4, -0.2) is 65.1 Å². The second-order valence-electron chi connectivity index (χ2n) is 12.8. The molecule has 276 valence electrons. The van der Waals surface area contributed by atoms with E-state index in [-0.39, 0.29) is 52.0 Å². The maximum Gasteiger partial charge on any atom is 0.265 e. The molecule has 0 heterocycles. The Bertz CT molecular complexity index is 1950. The molecule has 0 bridgehead atoms. The summed E-state index contributed by atoms with van der Waals surface area (Å²) in [5.41, 5.74) is 2.67. The third-order valence-electron chi connectivity index (χ3n) is 9.46. The minimum absolute atomic E-state index is 0.00686. The van der Waals surface area contributed by atoms with Gasteiger partial charge in [0.05, 0.1) is 31.9 Å². The van der Waals surface area contributed by atoms with Gasteiger partial charge in [-0.15, -0.1) is 0 Å². The summed E-state index contributed by atoms with van der Waals surface area (Å²) in [6.07, 6.45) is 5.10. The van der Waals surface area contributed by atoms with Gasteiger partial charge in [0.15, 0.2) is 11.5 Å². The molecule has 0 aromatic heterocycles. The Balaban J connectivity index is 1.63. The van der Waals surface area contributed by atoms with Crippen LogP contribution in [0.2, 0.25) is 5.02 Å². The molecule has 5 rings (SSSR count). The zero-order valence-corrected chi connectivity index (χ0v) is 31.6. The third kappa shape index (κ3) is 9.18. The van der Waals surface area contributed by atoms with Gasteiger partial charge in [0.1, 0.15) is 18.3 Å². The van der Waals surface area contributed by atoms with Gasteiger partial charge >= 0.3 is 0 Å². The van der Waals surface area contributed by atoms with Crippen molar-refractivity contribution >= 4 is 39.1 Å². The fourth-order valence-corrected chi connectivity index (χ4v) is 8.14. The molecule has 12 heteroatoms. The van der Waals surface area contributed by atoms with Crippen molar-refractivity contribution in [3.8, 4) is 17.2 Å². The van der Waals surface area contributed by atoms with Crippen molar-refractivity contribution in [1.29, 1.82) is 0 Å². The molecule has 0 spiro atoms. The number of nitrogens with zero attached hydrogens (tertiary/aromatic N) is 2. The minimum atomic E-state index is -4.49. The van der Waals surface area contributed by atoms with E-state index in [0.717, 1.165) is 53.1 Å². The molecule has 1 N–H and O–H groups in total. The van der Waals surface area contributed by atoms with E-state index >= 15 is 0 Å². The van der Waals surface area contributed by atoms with E-state index in [0.29, 0.717) is 5.75 Å². The number of nitrogens with one attached hydrogen (secondary N) is 1. The molecule has 0 saturated heterocycles. The van der Waals surface area contributed by atoms with Crippen LogP contribution in [-0.2, 0) is 32.6 Å². The summed E-state index contributed by atoms with van der Waals surface area (Å²) >= 11 is 6.44. The van der Waals surface area contributed by atoms with Crippen LogP contribution in [0.3, 0.4) is 0 Å². The van der Waals surface area contributed by atoms with Gasteiger partial charge in [-0.1, -0.05) is 85.5 Å². The molecule has 1 fully saturated rings. The Labute approximate surface area is 311 Å². The maximum atomic E-state index is 15.0. The summed E-state index contributed by atoms with van der Waals surface area (Å²) in [5.74, 6) is -0.165. The van der Waals surface area contributed by atoms with Gasteiger partial charge < -0.3 is 24.4 Å². The molecule has 4 aromatic carbocycles. The molecule has 52 heavy (non-hydrogen) atoms. The Morgan fingerprint density at radius 2 is 1.48 bits per heavy atom. The molecule has 10 nitrogen and oxygen atoms in total. The molecular formula is C40H46ClN3O7S. The highest BCUT2D eigenvalue weighted by molar-refractivity contribution is 7.92. The Morgan fingerprint density at radius 1 is 0.827 bits per heavy atom. The lowest BCUT2D eigenvalue weighted by atomic mass is 9.94. The van der Waals surface area contributed by atoms with Crippen molar-refractivity contribution < 1.29 is 32.2 Å². The zero-order chi connectivity index (χ0) is 37.3. The van der Waals surface area contributed by atoms with Crippen LogP contribution in [0.5, 0.6) is 17.2 Å². The van der Waals surface area contributed by atoms with Gasteiger partial charge in [0, 0.05) is 30.1 Å². The quantitative estimate of drug-likeness (QED) is 0.140. The SMILES string of the molecule is COc1ccc(S(=O)(=O)N(CC(=O)N(Cc2ccccc2C)[C@@H](Cc2ccccc2)C(=O)NC2CCCCC2)c2cc(Cl)ccc2OC)cc1OC. The van der Waals surface area contributed by atoms with Crippen molar-refractivity contribution in [3.63, 3.8) is 0 Å². The number of rotatable bonds is 15. The van der Waals surface area contributed by atoms with Crippen molar-refractivity contribution in [2.24, 2.45) is 0 Å². The van der Waals surface area contributed by atoms with E-state index in [4.69, 9.17) is 25.8 Å². The summed E-state index contributed by atoms with van der Waals surface area (Å²) in [5, 5.41) is 3.47. The summed E-state index contributed by atoms with van der Waals surface area (Å²) in [4.78, 5) is 30.7. The highest BCUT2D eigenvalue weighted by Crippen LogP contribution is 2.37. The summed E-state index contributed by atoms with van der Waals surface area (Å²) in [6.45, 7) is 1.34. The minimum Gasteiger partial charge on any atom is -0.495 e. The fraction of sp³-hybridized carbons (Fsp3) is 0.350. The molecule has 1 aliphatic rings. The third-order valence-corrected chi connectivity index (χ3v) is 11.4. The standard InChI is InChI=1S/C40H46ClN3O7S/c1-28-13-11-12-16-30(28)26-43(35(23-29-14-7-5-8-15-29)40(46)42-32-17-9-6-10-18-32)39(45)27-44(34-24-31(41)19-21-36(34)49-2)52(47,48)33-20-22-37(50-3)38(25-33)51-4/h5,7-8,11-16,19-22,24-25,32,35H,6,9-10,17-18,23,26-27H2,1-4H3,(H,42,46)/t35-/m0/s1. The van der Waals surface area contributed by atoms with Crippen LogP contribution in [0, 0.1) is 6.92 Å². The normalized spacial score (nSPS) is 13.9. The Morgan fingerprint density at radius 3 is 2.15 bits per heavy atom. The van der Waals surface area contributed by atoms with E-state index in [1.54, 1.807) is 12.1 Å². The second kappa shape index (κ2) is 17.7. The van der Waals surface area contributed by atoms with Crippen molar-refractivity contribution in [2.45, 2.75) is 69.0 Å². The predicted octanol–water partition coefficient (Wildman–Crippen LogP) is 6.96. The first kappa shape index (κ1) is 38.5. The van der Waals surface area contributed by atoms with Gasteiger partial charge in [0.2, 0.25) is 11.8 Å². The number of hydrogen-bond acceptors (Lipinski definition) is 7. The summed E-state index contributed by atoms with van der Waals surface area (Å²) < 4.78 is 46.7.